The van der Waals surface area contributed by atoms with E-state index >= 15 is 0 Å². The lowest BCUT2D eigenvalue weighted by Crippen LogP contribution is -2.46. The molecule has 6 nitrogen and oxygen atoms in total. The molecule has 1 fully saturated rings. The Morgan fingerprint density at radius 3 is 2.64 bits per heavy atom. The van der Waals surface area contributed by atoms with Crippen LogP contribution in [-0.2, 0) is 19.6 Å². The number of piperidine rings is 1. The minimum Gasteiger partial charge on any atom is -0.480 e. The molecular formula is C14H18BrNO5S. The first-order chi connectivity index (χ1) is 10.4. The summed E-state index contributed by atoms with van der Waals surface area (Å²) in [4.78, 5) is 10.7. The summed E-state index contributed by atoms with van der Waals surface area (Å²) in [5, 5.41) is 8.61. The first-order valence-corrected chi connectivity index (χ1v) is 9.21. The molecule has 1 atom stereocenters. The molecule has 2 rings (SSSR count). The highest BCUT2D eigenvalue weighted by Crippen LogP contribution is 2.26. The fraction of sp³-hybridized carbons (Fsp3) is 0.500. The molecule has 1 aliphatic rings. The van der Waals surface area contributed by atoms with Gasteiger partial charge in [-0.05, 0) is 37.1 Å². The number of carboxylic acid groups (broad SMARTS) is 1. The van der Waals surface area contributed by atoms with Crippen molar-refractivity contribution in [3.63, 3.8) is 0 Å². The zero-order chi connectivity index (χ0) is 16.2. The fourth-order valence-electron chi connectivity index (χ4n) is 2.48. The van der Waals surface area contributed by atoms with Crippen LogP contribution in [0.1, 0.15) is 19.3 Å². The van der Waals surface area contributed by atoms with Crippen molar-refractivity contribution in [1.82, 2.24) is 4.31 Å². The summed E-state index contributed by atoms with van der Waals surface area (Å²) in [6.07, 6.45) is 2.38. The number of sulfonamides is 1. The van der Waals surface area contributed by atoms with E-state index in [1.54, 1.807) is 24.3 Å². The van der Waals surface area contributed by atoms with Gasteiger partial charge in [0, 0.05) is 17.1 Å². The summed E-state index contributed by atoms with van der Waals surface area (Å²) >= 11 is 3.28. The Labute approximate surface area is 138 Å². The lowest BCUT2D eigenvalue weighted by Gasteiger charge is -2.34. The van der Waals surface area contributed by atoms with Crippen molar-refractivity contribution in [2.75, 3.05) is 19.8 Å². The van der Waals surface area contributed by atoms with Gasteiger partial charge in [0.25, 0.3) is 0 Å². The number of hydrogen-bond acceptors (Lipinski definition) is 4. The number of rotatable bonds is 6. The van der Waals surface area contributed by atoms with Gasteiger partial charge in [0.05, 0.1) is 11.5 Å². The van der Waals surface area contributed by atoms with Crippen molar-refractivity contribution < 1.29 is 23.1 Å². The number of benzene rings is 1. The number of ether oxygens (including phenoxy) is 1. The van der Waals surface area contributed by atoms with E-state index in [0.717, 1.165) is 17.3 Å². The Bertz CT molecular complexity index is 617. The van der Waals surface area contributed by atoms with E-state index in [2.05, 4.69) is 15.9 Å². The van der Waals surface area contributed by atoms with Gasteiger partial charge < -0.3 is 9.84 Å². The van der Waals surface area contributed by atoms with Crippen molar-refractivity contribution >= 4 is 31.9 Å². The van der Waals surface area contributed by atoms with E-state index in [0.29, 0.717) is 13.0 Å². The summed E-state index contributed by atoms with van der Waals surface area (Å²) in [6.45, 7) is 0.115. The molecule has 1 N–H and O–H groups in total. The zero-order valence-electron chi connectivity index (χ0n) is 11.9. The molecule has 0 aromatic heterocycles. The van der Waals surface area contributed by atoms with Gasteiger partial charge >= 0.3 is 5.97 Å². The summed E-state index contributed by atoms with van der Waals surface area (Å²) in [5.74, 6) is -1.06. The number of aliphatic carboxylic acids is 1. The predicted molar refractivity (Wildman–Crippen MR) is 84.1 cm³/mol. The summed E-state index contributed by atoms with van der Waals surface area (Å²) in [5.41, 5.74) is 0. The molecule has 22 heavy (non-hydrogen) atoms. The quantitative estimate of drug-likeness (QED) is 0.802. The largest absolute Gasteiger partial charge is 0.480 e. The van der Waals surface area contributed by atoms with Gasteiger partial charge in [-0.15, -0.1) is 0 Å². The van der Waals surface area contributed by atoms with E-state index in [1.165, 1.54) is 4.31 Å². The van der Waals surface area contributed by atoms with Gasteiger partial charge in [0.1, 0.15) is 6.61 Å². The lowest BCUT2D eigenvalue weighted by molar-refractivity contribution is -0.142. The minimum atomic E-state index is -3.59. The van der Waals surface area contributed by atoms with Crippen LogP contribution < -0.4 is 0 Å². The first-order valence-electron chi connectivity index (χ1n) is 6.98. The normalized spacial score (nSPS) is 20.0. The van der Waals surface area contributed by atoms with Crippen LogP contribution in [-0.4, -0.2) is 49.6 Å². The number of halogens is 1. The molecule has 1 saturated heterocycles. The first kappa shape index (κ1) is 17.4. The van der Waals surface area contributed by atoms with Crippen molar-refractivity contribution in [2.24, 2.45) is 0 Å². The highest BCUT2D eigenvalue weighted by molar-refractivity contribution is 9.10. The van der Waals surface area contributed by atoms with Crippen LogP contribution in [0.2, 0.25) is 0 Å². The topological polar surface area (TPSA) is 83.9 Å². The Morgan fingerprint density at radius 1 is 1.32 bits per heavy atom. The van der Waals surface area contributed by atoms with Gasteiger partial charge in [0.2, 0.25) is 10.0 Å². The summed E-state index contributed by atoms with van der Waals surface area (Å²) < 4.78 is 32.8. The van der Waals surface area contributed by atoms with Gasteiger partial charge in [0.15, 0.2) is 0 Å². The molecule has 1 aliphatic heterocycles. The van der Waals surface area contributed by atoms with Crippen molar-refractivity contribution in [3.8, 4) is 0 Å². The molecule has 122 valence electrons. The molecule has 1 aromatic rings. The van der Waals surface area contributed by atoms with E-state index in [9.17, 15) is 13.2 Å². The SMILES string of the molecule is O=C(O)COCC1CCCCN1S(=O)(=O)c1ccc(Br)cc1. The van der Waals surface area contributed by atoms with Crippen LogP contribution in [0.3, 0.4) is 0 Å². The fourth-order valence-corrected chi connectivity index (χ4v) is 4.42. The third-order valence-electron chi connectivity index (χ3n) is 3.53. The summed E-state index contributed by atoms with van der Waals surface area (Å²) in [6, 6.07) is 6.17. The van der Waals surface area contributed by atoms with Crippen LogP contribution in [0.4, 0.5) is 0 Å². The van der Waals surface area contributed by atoms with E-state index in [-0.39, 0.29) is 17.5 Å². The second kappa shape index (κ2) is 7.54. The van der Waals surface area contributed by atoms with Gasteiger partial charge in [-0.3, -0.25) is 0 Å². The van der Waals surface area contributed by atoms with Crippen LogP contribution in [0.15, 0.2) is 33.6 Å². The van der Waals surface area contributed by atoms with Gasteiger partial charge in [-0.25, -0.2) is 13.2 Å². The second-order valence-electron chi connectivity index (χ2n) is 5.13. The van der Waals surface area contributed by atoms with Crippen LogP contribution in [0, 0.1) is 0 Å². The third kappa shape index (κ3) is 4.28. The predicted octanol–water partition coefficient (Wildman–Crippen LogP) is 2.09. The maximum Gasteiger partial charge on any atom is 0.329 e. The molecule has 8 heteroatoms. The molecular weight excluding hydrogens is 374 g/mol. The molecule has 0 saturated carbocycles. The zero-order valence-corrected chi connectivity index (χ0v) is 14.3. The Hall–Kier alpha value is -0.960. The molecule has 0 aliphatic carbocycles. The molecule has 0 amide bonds. The Kier molecular flexibility index (Phi) is 5.96. The maximum absolute atomic E-state index is 12.7. The molecule has 1 unspecified atom stereocenters. The number of nitrogens with zero attached hydrogens (tertiary/aromatic N) is 1. The van der Waals surface area contributed by atoms with Crippen LogP contribution in [0.5, 0.6) is 0 Å². The third-order valence-corrected chi connectivity index (χ3v) is 6.02. The number of carbonyl (C=O) groups is 1. The highest BCUT2D eigenvalue weighted by atomic mass is 79.9. The van der Waals surface area contributed by atoms with Gasteiger partial charge in [-0.2, -0.15) is 4.31 Å². The number of carboxylic acids is 1. The average molecular weight is 392 g/mol. The van der Waals surface area contributed by atoms with Crippen molar-refractivity contribution in [2.45, 2.75) is 30.2 Å². The van der Waals surface area contributed by atoms with E-state index < -0.39 is 22.6 Å². The van der Waals surface area contributed by atoms with Crippen molar-refractivity contribution in [3.05, 3.63) is 28.7 Å². The smallest absolute Gasteiger partial charge is 0.329 e. The van der Waals surface area contributed by atoms with Gasteiger partial charge in [-0.1, -0.05) is 22.4 Å². The molecule has 0 radical (unpaired) electrons. The lowest BCUT2D eigenvalue weighted by atomic mass is 10.1. The van der Waals surface area contributed by atoms with Crippen LogP contribution >= 0.6 is 15.9 Å². The van der Waals surface area contributed by atoms with Crippen LogP contribution in [0.25, 0.3) is 0 Å². The Morgan fingerprint density at radius 2 is 2.00 bits per heavy atom. The molecule has 0 bridgehead atoms. The van der Waals surface area contributed by atoms with E-state index in [4.69, 9.17) is 9.84 Å². The van der Waals surface area contributed by atoms with Crippen molar-refractivity contribution in [1.29, 1.82) is 0 Å². The number of hydrogen-bond donors (Lipinski definition) is 1. The highest BCUT2D eigenvalue weighted by Gasteiger charge is 2.33. The second-order valence-corrected chi connectivity index (χ2v) is 7.93. The summed E-state index contributed by atoms with van der Waals surface area (Å²) in [7, 11) is -3.59. The Balaban J connectivity index is 2.15. The van der Waals surface area contributed by atoms with E-state index in [1.807, 2.05) is 0 Å². The maximum atomic E-state index is 12.7. The molecule has 0 spiro atoms. The minimum absolute atomic E-state index is 0.0993. The molecule has 1 aromatic carbocycles. The monoisotopic (exact) mass is 391 g/mol. The average Bonchev–Trinajstić information content (AvgIpc) is 2.48. The molecule has 1 heterocycles. The standard InChI is InChI=1S/C14H18BrNO5S/c15-11-4-6-13(7-5-11)22(19,20)16-8-2-1-3-12(16)9-21-10-14(17)18/h4-7,12H,1-3,8-10H2,(H,17,18).